The average Bonchev–Trinajstić information content (AvgIpc) is 2.94. The summed E-state index contributed by atoms with van der Waals surface area (Å²) in [4.78, 5) is 7.20. The van der Waals surface area contributed by atoms with E-state index in [0.717, 1.165) is 12.4 Å². The summed E-state index contributed by atoms with van der Waals surface area (Å²) >= 11 is 0. The van der Waals surface area contributed by atoms with Gasteiger partial charge >= 0.3 is 0 Å². The molecule has 0 saturated carbocycles. The number of nitrogens with one attached hydrogen (secondary N) is 1. The fourth-order valence-electron chi connectivity index (χ4n) is 2.93. The van der Waals surface area contributed by atoms with Crippen molar-refractivity contribution in [2.75, 3.05) is 25.0 Å². The predicted molar refractivity (Wildman–Crippen MR) is 86.1 cm³/mol. The van der Waals surface area contributed by atoms with Crippen LogP contribution in [0.25, 0.3) is 0 Å². The third-order valence-corrected chi connectivity index (χ3v) is 4.17. The molecule has 2 rings (SSSR count). The molecule has 0 aliphatic carbocycles. The van der Waals surface area contributed by atoms with E-state index in [9.17, 15) is 0 Å². The first-order valence-corrected chi connectivity index (χ1v) is 8.29. The first-order chi connectivity index (χ1) is 9.85. The topological polar surface area (TPSA) is 28.2 Å². The lowest BCUT2D eigenvalue weighted by molar-refractivity contribution is 0.253. The molecule has 1 aliphatic heterocycles. The van der Waals surface area contributed by atoms with Crippen molar-refractivity contribution in [2.24, 2.45) is 0 Å². The Kier molecular flexibility index (Phi) is 6.31. The lowest BCUT2D eigenvalue weighted by atomic mass is 10.1. The number of hydrogen-bond donors (Lipinski definition) is 1. The van der Waals surface area contributed by atoms with E-state index in [-0.39, 0.29) is 0 Å². The van der Waals surface area contributed by atoms with Crippen molar-refractivity contribution < 1.29 is 0 Å². The van der Waals surface area contributed by atoms with Gasteiger partial charge in [0.05, 0.1) is 0 Å². The van der Waals surface area contributed by atoms with E-state index in [4.69, 9.17) is 0 Å². The van der Waals surface area contributed by atoms with E-state index in [1.54, 1.807) is 0 Å². The second-order valence-electron chi connectivity index (χ2n) is 5.80. The zero-order valence-electron chi connectivity index (χ0n) is 13.1. The zero-order chi connectivity index (χ0) is 14.2. The normalized spacial score (nSPS) is 19.4. The second kappa shape index (κ2) is 8.25. The summed E-state index contributed by atoms with van der Waals surface area (Å²) in [7, 11) is 0. The Hall–Kier alpha value is -1.09. The highest BCUT2D eigenvalue weighted by Crippen LogP contribution is 2.31. The minimum absolute atomic E-state index is 0.596. The van der Waals surface area contributed by atoms with Crippen LogP contribution in [0.15, 0.2) is 18.3 Å². The highest BCUT2D eigenvalue weighted by atomic mass is 15.2. The molecular formula is C17H29N3. The number of nitrogens with zero attached hydrogens (tertiary/aromatic N) is 2. The number of pyridine rings is 1. The molecule has 1 fully saturated rings. The van der Waals surface area contributed by atoms with Gasteiger partial charge in [-0.15, -0.1) is 0 Å². The number of likely N-dealkylation sites (tertiary alicyclic amines) is 1. The van der Waals surface area contributed by atoms with Crippen molar-refractivity contribution in [1.29, 1.82) is 0 Å². The van der Waals surface area contributed by atoms with Crippen LogP contribution in [0.5, 0.6) is 0 Å². The Balaban J connectivity index is 1.91. The molecule has 1 aliphatic rings. The quantitative estimate of drug-likeness (QED) is 0.720. The van der Waals surface area contributed by atoms with E-state index in [1.165, 1.54) is 57.2 Å². The number of aromatic nitrogens is 1. The molecule has 0 amide bonds. The van der Waals surface area contributed by atoms with Crippen LogP contribution in [0.4, 0.5) is 5.82 Å². The SMILES string of the molecule is CCCCNc1ccc([C@H]2CCCN2CCCC)cn1. The molecule has 112 valence electrons. The first-order valence-electron chi connectivity index (χ1n) is 8.29. The third kappa shape index (κ3) is 4.20. The molecule has 2 heterocycles. The summed E-state index contributed by atoms with van der Waals surface area (Å²) in [6.07, 6.45) is 9.70. The molecule has 1 atom stereocenters. The highest BCUT2D eigenvalue weighted by molar-refractivity contribution is 5.36. The predicted octanol–water partition coefficient (Wildman–Crippen LogP) is 4.23. The zero-order valence-corrected chi connectivity index (χ0v) is 13.1. The number of rotatable bonds is 8. The maximum atomic E-state index is 4.57. The van der Waals surface area contributed by atoms with Crippen molar-refractivity contribution in [3.63, 3.8) is 0 Å². The maximum Gasteiger partial charge on any atom is 0.125 e. The molecular weight excluding hydrogens is 246 g/mol. The first kappa shape index (κ1) is 15.3. The summed E-state index contributed by atoms with van der Waals surface area (Å²) in [5.74, 6) is 1.01. The minimum atomic E-state index is 0.596. The molecule has 0 aromatic carbocycles. The van der Waals surface area contributed by atoms with Gasteiger partial charge in [0.15, 0.2) is 0 Å². The second-order valence-corrected chi connectivity index (χ2v) is 5.80. The van der Waals surface area contributed by atoms with E-state index in [0.29, 0.717) is 6.04 Å². The largest absolute Gasteiger partial charge is 0.370 e. The van der Waals surface area contributed by atoms with E-state index < -0.39 is 0 Å². The molecule has 1 aromatic rings. The Morgan fingerprint density at radius 1 is 1.25 bits per heavy atom. The van der Waals surface area contributed by atoms with Crippen LogP contribution in [0, 0.1) is 0 Å². The van der Waals surface area contributed by atoms with Gasteiger partial charge in [0.2, 0.25) is 0 Å². The van der Waals surface area contributed by atoms with Gasteiger partial charge in [-0.3, -0.25) is 4.90 Å². The molecule has 0 unspecified atom stereocenters. The lowest BCUT2D eigenvalue weighted by Crippen LogP contribution is -2.24. The van der Waals surface area contributed by atoms with Gasteiger partial charge in [-0.05, 0) is 50.4 Å². The molecule has 0 radical (unpaired) electrons. The van der Waals surface area contributed by atoms with E-state index in [1.807, 2.05) is 0 Å². The van der Waals surface area contributed by atoms with Gasteiger partial charge in [-0.25, -0.2) is 4.98 Å². The summed E-state index contributed by atoms with van der Waals surface area (Å²) in [5, 5.41) is 3.38. The van der Waals surface area contributed by atoms with Gasteiger partial charge in [-0.1, -0.05) is 32.8 Å². The van der Waals surface area contributed by atoms with Crippen molar-refractivity contribution in [3.8, 4) is 0 Å². The number of anilines is 1. The molecule has 1 N–H and O–H groups in total. The van der Waals surface area contributed by atoms with Gasteiger partial charge in [-0.2, -0.15) is 0 Å². The van der Waals surface area contributed by atoms with Gasteiger partial charge < -0.3 is 5.32 Å². The molecule has 1 saturated heterocycles. The summed E-state index contributed by atoms with van der Waals surface area (Å²) in [6, 6.07) is 5.00. The van der Waals surface area contributed by atoms with Crippen molar-refractivity contribution in [2.45, 2.75) is 58.4 Å². The molecule has 0 bridgehead atoms. The Labute approximate surface area is 123 Å². The summed E-state index contributed by atoms with van der Waals surface area (Å²) < 4.78 is 0. The summed E-state index contributed by atoms with van der Waals surface area (Å²) in [5.41, 5.74) is 1.39. The standard InChI is InChI=1S/C17H29N3/c1-3-5-11-18-17-10-9-15(14-19-17)16-8-7-13-20(16)12-6-4-2/h9-10,14,16H,3-8,11-13H2,1-2H3,(H,18,19)/t16-/m1/s1. The van der Waals surface area contributed by atoms with Crippen molar-refractivity contribution >= 4 is 5.82 Å². The fourth-order valence-corrected chi connectivity index (χ4v) is 2.93. The van der Waals surface area contributed by atoms with Crippen LogP contribution in [0.3, 0.4) is 0 Å². The van der Waals surface area contributed by atoms with Crippen LogP contribution in [-0.2, 0) is 0 Å². The van der Waals surface area contributed by atoms with Crippen LogP contribution in [-0.4, -0.2) is 29.5 Å². The third-order valence-electron chi connectivity index (χ3n) is 4.17. The average molecular weight is 275 g/mol. The Morgan fingerprint density at radius 2 is 2.10 bits per heavy atom. The highest BCUT2D eigenvalue weighted by Gasteiger charge is 2.25. The van der Waals surface area contributed by atoms with Crippen LogP contribution in [0.1, 0.15) is 64.0 Å². The smallest absolute Gasteiger partial charge is 0.125 e. The molecule has 0 spiro atoms. The molecule has 3 heteroatoms. The van der Waals surface area contributed by atoms with E-state index in [2.05, 4.69) is 47.4 Å². The van der Waals surface area contributed by atoms with Crippen molar-refractivity contribution in [1.82, 2.24) is 9.88 Å². The monoisotopic (exact) mass is 275 g/mol. The Morgan fingerprint density at radius 3 is 2.80 bits per heavy atom. The molecule has 1 aromatic heterocycles. The van der Waals surface area contributed by atoms with Crippen LogP contribution in [0.2, 0.25) is 0 Å². The van der Waals surface area contributed by atoms with Gasteiger partial charge in [0, 0.05) is 18.8 Å². The number of hydrogen-bond acceptors (Lipinski definition) is 3. The van der Waals surface area contributed by atoms with Gasteiger partial charge in [0.25, 0.3) is 0 Å². The molecule has 3 nitrogen and oxygen atoms in total. The molecule has 20 heavy (non-hydrogen) atoms. The van der Waals surface area contributed by atoms with Crippen LogP contribution >= 0.6 is 0 Å². The summed E-state index contributed by atoms with van der Waals surface area (Å²) in [6.45, 7) is 7.99. The fraction of sp³-hybridized carbons (Fsp3) is 0.706. The minimum Gasteiger partial charge on any atom is -0.370 e. The lowest BCUT2D eigenvalue weighted by Gasteiger charge is -2.24. The maximum absolute atomic E-state index is 4.57. The van der Waals surface area contributed by atoms with Crippen molar-refractivity contribution in [3.05, 3.63) is 23.9 Å². The van der Waals surface area contributed by atoms with Crippen LogP contribution < -0.4 is 5.32 Å². The van der Waals surface area contributed by atoms with Gasteiger partial charge in [0.1, 0.15) is 5.82 Å². The Bertz CT molecular complexity index is 374. The number of unbranched alkanes of at least 4 members (excludes halogenated alkanes) is 2. The van der Waals surface area contributed by atoms with E-state index >= 15 is 0 Å².